The molecule has 1 aliphatic carbocycles. The van der Waals surface area contributed by atoms with E-state index >= 15 is 0 Å². The first-order valence-electron chi connectivity index (χ1n) is 13.5. The number of phenols is 1. The Kier molecular flexibility index (Phi) is 9.40. The molecule has 0 aromatic heterocycles. The highest BCUT2D eigenvalue weighted by Gasteiger charge is 2.21. The van der Waals surface area contributed by atoms with Crippen LogP contribution in [0.25, 0.3) is 17.2 Å². The number of aromatic hydroxyl groups is 1. The van der Waals surface area contributed by atoms with Gasteiger partial charge in [0.05, 0.1) is 0 Å². The van der Waals surface area contributed by atoms with Gasteiger partial charge in [-0.3, -0.25) is 4.79 Å². The normalized spacial score (nSPS) is 13.2. The molecule has 1 aliphatic rings. The van der Waals surface area contributed by atoms with Crippen molar-refractivity contribution >= 4 is 23.1 Å². The summed E-state index contributed by atoms with van der Waals surface area (Å²) in [6.45, 7) is 8.00. The molecule has 0 fully saturated rings. The van der Waals surface area contributed by atoms with Crippen LogP contribution in [0, 0.1) is 6.92 Å². The van der Waals surface area contributed by atoms with Gasteiger partial charge in [-0.15, -0.1) is 0 Å². The number of hydrogen-bond acceptors (Lipinski definition) is 4. The molecule has 0 aliphatic heterocycles. The lowest BCUT2D eigenvalue weighted by Crippen LogP contribution is -2.22. The molecule has 4 rings (SSSR count). The van der Waals surface area contributed by atoms with Gasteiger partial charge in [0.1, 0.15) is 18.1 Å². The first-order valence-corrected chi connectivity index (χ1v) is 13.5. The topological polar surface area (TPSA) is 61.8 Å². The van der Waals surface area contributed by atoms with Crippen molar-refractivity contribution in [3.05, 3.63) is 113 Å². The Labute approximate surface area is 232 Å². The van der Waals surface area contributed by atoms with E-state index in [0.29, 0.717) is 25.4 Å². The second-order valence-electron chi connectivity index (χ2n) is 10.1. The summed E-state index contributed by atoms with van der Waals surface area (Å²) in [5, 5.41) is 13.4. The summed E-state index contributed by atoms with van der Waals surface area (Å²) >= 11 is 0. The Morgan fingerprint density at radius 2 is 1.82 bits per heavy atom. The van der Waals surface area contributed by atoms with Gasteiger partial charge in [0.25, 0.3) is 0 Å². The molecule has 0 unspecified atom stereocenters. The maximum atomic E-state index is 11.6. The number of fused-ring (bicyclic) bond motifs is 1. The molecule has 0 radical (unpaired) electrons. The molecule has 0 spiro atoms. The van der Waals surface area contributed by atoms with Crippen LogP contribution in [0.5, 0.6) is 11.5 Å². The molecule has 1 amide bonds. The molecule has 5 heteroatoms. The first-order chi connectivity index (χ1) is 18.9. The third-order valence-electron chi connectivity index (χ3n) is 6.94. The van der Waals surface area contributed by atoms with Crippen LogP contribution in [0.2, 0.25) is 0 Å². The molecule has 5 nitrogen and oxygen atoms in total. The number of aryl methyl sites for hydroxylation is 2. The van der Waals surface area contributed by atoms with Gasteiger partial charge in [-0.1, -0.05) is 60.7 Å². The molecule has 0 saturated heterocycles. The van der Waals surface area contributed by atoms with E-state index in [1.807, 2.05) is 36.4 Å². The number of phenolic OH excluding ortho intramolecular Hbond substituents is 1. The lowest BCUT2D eigenvalue weighted by molar-refractivity contribution is -0.123. The maximum absolute atomic E-state index is 11.6. The minimum Gasteiger partial charge on any atom is -0.508 e. The molecule has 3 aromatic rings. The number of carbonyl (C=O) groups is 1. The number of hydrogen-bond donors (Lipinski definition) is 2. The lowest BCUT2D eigenvalue weighted by Gasteiger charge is -2.19. The third kappa shape index (κ3) is 7.06. The number of benzene rings is 3. The van der Waals surface area contributed by atoms with E-state index in [4.69, 9.17) is 4.74 Å². The van der Waals surface area contributed by atoms with E-state index in [0.717, 1.165) is 41.7 Å². The fourth-order valence-electron chi connectivity index (χ4n) is 4.95. The van der Waals surface area contributed by atoms with Crippen LogP contribution in [0.3, 0.4) is 0 Å². The summed E-state index contributed by atoms with van der Waals surface area (Å²) in [5.74, 6) is 1.08. The van der Waals surface area contributed by atoms with Crippen LogP contribution in [-0.2, 0) is 11.2 Å². The molecule has 0 heterocycles. The fraction of sp³-hybridized carbons (Fsp3) is 0.265. The zero-order valence-electron chi connectivity index (χ0n) is 23.2. The van der Waals surface area contributed by atoms with Crippen LogP contribution < -0.4 is 10.1 Å². The largest absolute Gasteiger partial charge is 0.508 e. The average Bonchev–Trinajstić information content (AvgIpc) is 3.11. The predicted molar refractivity (Wildman–Crippen MR) is 161 cm³/mol. The Balaban J connectivity index is 1.56. The second-order valence-corrected chi connectivity index (χ2v) is 10.1. The van der Waals surface area contributed by atoms with Crippen molar-refractivity contribution in [2.24, 2.45) is 0 Å². The van der Waals surface area contributed by atoms with Gasteiger partial charge in [-0.05, 0) is 89.4 Å². The van der Waals surface area contributed by atoms with E-state index < -0.39 is 0 Å². The van der Waals surface area contributed by atoms with Crippen molar-refractivity contribution in [3.8, 4) is 11.5 Å². The van der Waals surface area contributed by atoms with Crippen LogP contribution in [-0.4, -0.2) is 49.7 Å². The van der Waals surface area contributed by atoms with Gasteiger partial charge in [0.2, 0.25) is 5.91 Å². The van der Waals surface area contributed by atoms with E-state index in [1.165, 1.54) is 27.8 Å². The molecule has 39 heavy (non-hydrogen) atoms. The van der Waals surface area contributed by atoms with Gasteiger partial charge in [-0.2, -0.15) is 0 Å². The Morgan fingerprint density at radius 1 is 1.05 bits per heavy atom. The van der Waals surface area contributed by atoms with Crippen molar-refractivity contribution in [3.63, 3.8) is 0 Å². The smallest absolute Gasteiger partial charge is 0.245 e. The van der Waals surface area contributed by atoms with Crippen molar-refractivity contribution < 1.29 is 14.6 Å². The zero-order valence-corrected chi connectivity index (χ0v) is 23.2. The SMILES string of the molecule is C=Cc1cc(C)ccc1C1=C(c2ccc(OCCNC/C=C/C(=O)N(C)C)cc2)c2ccc(O)cc2CCC1. The molecule has 2 N–H and O–H groups in total. The number of rotatable bonds is 10. The van der Waals surface area contributed by atoms with Crippen molar-refractivity contribution in [2.45, 2.75) is 26.2 Å². The number of likely N-dealkylation sites (N-methyl/N-ethyl adjacent to an activating group) is 1. The minimum atomic E-state index is -0.0254. The minimum absolute atomic E-state index is 0.0254. The quantitative estimate of drug-likeness (QED) is 0.244. The van der Waals surface area contributed by atoms with Gasteiger partial charge < -0.3 is 20.1 Å². The second kappa shape index (κ2) is 13.1. The highest BCUT2D eigenvalue weighted by Crippen LogP contribution is 2.42. The van der Waals surface area contributed by atoms with E-state index in [-0.39, 0.29) is 5.91 Å². The highest BCUT2D eigenvalue weighted by atomic mass is 16.5. The van der Waals surface area contributed by atoms with Gasteiger partial charge in [0.15, 0.2) is 0 Å². The number of carbonyl (C=O) groups excluding carboxylic acids is 1. The molecule has 0 atom stereocenters. The molecule has 3 aromatic carbocycles. The van der Waals surface area contributed by atoms with Crippen molar-refractivity contribution in [2.75, 3.05) is 33.8 Å². The fourth-order valence-corrected chi connectivity index (χ4v) is 4.95. The van der Waals surface area contributed by atoms with Gasteiger partial charge in [-0.25, -0.2) is 0 Å². The summed E-state index contributed by atoms with van der Waals surface area (Å²) in [4.78, 5) is 13.1. The average molecular weight is 523 g/mol. The first kappa shape index (κ1) is 27.9. The standard InChI is InChI=1S/C34H38N2O3/c1-5-25-22-24(2)11-17-30(25)32-9-6-8-27-23-28(37)14-18-31(27)34(32)26-12-15-29(16-13-26)39-21-20-35-19-7-10-33(38)36(3)4/h5,7,10-18,22-23,35,37H,1,6,8-9,19-21H2,2-4H3/b10-7+. The highest BCUT2D eigenvalue weighted by molar-refractivity contribution is 6.01. The lowest BCUT2D eigenvalue weighted by atomic mass is 9.86. The number of nitrogens with one attached hydrogen (secondary N) is 1. The molecule has 0 bridgehead atoms. The molecule has 202 valence electrons. The molecule has 0 saturated carbocycles. The van der Waals surface area contributed by atoms with Gasteiger partial charge >= 0.3 is 0 Å². The van der Waals surface area contributed by atoms with Crippen LogP contribution in [0.15, 0.2) is 79.4 Å². The van der Waals surface area contributed by atoms with Gasteiger partial charge in [0, 0.05) is 33.3 Å². The summed E-state index contributed by atoms with van der Waals surface area (Å²) < 4.78 is 5.96. The number of ether oxygens (including phenoxy) is 1. The van der Waals surface area contributed by atoms with E-state index in [9.17, 15) is 9.90 Å². The van der Waals surface area contributed by atoms with Crippen LogP contribution >= 0.6 is 0 Å². The summed E-state index contributed by atoms with van der Waals surface area (Å²) in [6.07, 6.45) is 8.19. The van der Waals surface area contributed by atoms with Crippen LogP contribution in [0.4, 0.5) is 0 Å². The van der Waals surface area contributed by atoms with E-state index in [1.54, 1.807) is 31.1 Å². The monoisotopic (exact) mass is 522 g/mol. The number of amides is 1. The van der Waals surface area contributed by atoms with Crippen molar-refractivity contribution in [1.82, 2.24) is 10.2 Å². The number of nitrogens with zero attached hydrogens (tertiary/aromatic N) is 1. The summed E-state index contributed by atoms with van der Waals surface area (Å²) in [6, 6.07) is 20.6. The maximum Gasteiger partial charge on any atom is 0.245 e. The number of allylic oxidation sites excluding steroid dienone is 1. The zero-order chi connectivity index (χ0) is 27.8. The third-order valence-corrected chi connectivity index (χ3v) is 6.94. The summed E-state index contributed by atoms with van der Waals surface area (Å²) in [7, 11) is 3.47. The summed E-state index contributed by atoms with van der Waals surface area (Å²) in [5.41, 5.74) is 9.50. The molecular weight excluding hydrogens is 484 g/mol. The Hall–Kier alpha value is -4.09. The van der Waals surface area contributed by atoms with E-state index in [2.05, 4.69) is 49.2 Å². The predicted octanol–water partition coefficient (Wildman–Crippen LogP) is 6.25. The Bertz CT molecular complexity index is 1380. The molecular formula is C34H38N2O3. The van der Waals surface area contributed by atoms with Crippen LogP contribution in [0.1, 0.15) is 46.2 Å². The van der Waals surface area contributed by atoms with Crippen molar-refractivity contribution in [1.29, 1.82) is 0 Å². The Morgan fingerprint density at radius 3 is 2.56 bits per heavy atom.